The number of carbonyl (C=O) groups is 1. The minimum atomic E-state index is -0.359. The number of hydrogen-bond donors (Lipinski definition) is 1. The fraction of sp³-hybridized carbons (Fsp3) is 0.533. The van der Waals surface area contributed by atoms with Crippen LogP contribution >= 0.6 is 0 Å². The molecule has 19 heavy (non-hydrogen) atoms. The lowest BCUT2D eigenvalue weighted by atomic mass is 10.1. The third-order valence-corrected chi connectivity index (χ3v) is 2.89. The third-order valence-electron chi connectivity index (χ3n) is 2.89. The summed E-state index contributed by atoms with van der Waals surface area (Å²) in [6, 6.07) is 5.50. The first-order valence-electron chi connectivity index (χ1n) is 6.81. The molecule has 0 amide bonds. The number of hydrogen-bond acceptors (Lipinski definition) is 4. The summed E-state index contributed by atoms with van der Waals surface area (Å²) in [5, 5.41) is 0. The van der Waals surface area contributed by atoms with E-state index in [0.29, 0.717) is 23.8 Å². The third kappa shape index (κ3) is 3.88. The van der Waals surface area contributed by atoms with Crippen LogP contribution in [0.25, 0.3) is 0 Å². The van der Waals surface area contributed by atoms with Crippen LogP contribution in [0.1, 0.15) is 38.1 Å². The molecule has 0 aliphatic rings. The number of nitrogen functional groups attached to an aromatic ring is 1. The molecule has 1 aromatic carbocycles. The molecule has 0 aliphatic carbocycles. The van der Waals surface area contributed by atoms with Gasteiger partial charge in [0.2, 0.25) is 0 Å². The highest BCUT2D eigenvalue weighted by atomic mass is 16.5. The van der Waals surface area contributed by atoms with E-state index in [2.05, 4.69) is 25.7 Å². The van der Waals surface area contributed by atoms with Crippen molar-refractivity contribution in [3.63, 3.8) is 0 Å². The summed E-state index contributed by atoms with van der Waals surface area (Å²) in [5.41, 5.74) is 7.98. The molecule has 0 radical (unpaired) electrons. The first-order chi connectivity index (χ1) is 9.01. The highest BCUT2D eigenvalue weighted by Crippen LogP contribution is 2.27. The second kappa shape index (κ2) is 7.02. The molecule has 1 aromatic rings. The molecule has 0 heterocycles. The molecular formula is C15H24N2O2. The number of ether oxygens (including phenoxy) is 1. The summed E-state index contributed by atoms with van der Waals surface area (Å²) in [6.07, 6.45) is 0. The Balaban J connectivity index is 3.08. The first-order valence-corrected chi connectivity index (χ1v) is 6.81. The van der Waals surface area contributed by atoms with Crippen LogP contribution in [0.4, 0.5) is 11.4 Å². The lowest BCUT2D eigenvalue weighted by molar-refractivity contribution is 0.0527. The number of benzene rings is 1. The summed E-state index contributed by atoms with van der Waals surface area (Å²) in [6.45, 7) is 10.3. The molecule has 0 fully saturated rings. The molecule has 1 rings (SSSR count). The van der Waals surface area contributed by atoms with Gasteiger partial charge in [0, 0.05) is 13.1 Å². The van der Waals surface area contributed by atoms with Crippen LogP contribution in [-0.2, 0) is 4.74 Å². The van der Waals surface area contributed by atoms with E-state index in [1.807, 2.05) is 12.1 Å². The van der Waals surface area contributed by atoms with Gasteiger partial charge >= 0.3 is 5.97 Å². The van der Waals surface area contributed by atoms with Crippen LogP contribution in [-0.4, -0.2) is 25.7 Å². The normalized spacial score (nSPS) is 10.6. The molecule has 0 bridgehead atoms. The van der Waals surface area contributed by atoms with Gasteiger partial charge in [0.25, 0.3) is 0 Å². The van der Waals surface area contributed by atoms with Crippen molar-refractivity contribution in [3.8, 4) is 0 Å². The Morgan fingerprint density at radius 3 is 2.58 bits per heavy atom. The van der Waals surface area contributed by atoms with Gasteiger partial charge in [0.05, 0.1) is 23.5 Å². The molecule has 0 atom stereocenters. The van der Waals surface area contributed by atoms with Crippen LogP contribution in [0.2, 0.25) is 0 Å². The van der Waals surface area contributed by atoms with Gasteiger partial charge in [0.15, 0.2) is 0 Å². The van der Waals surface area contributed by atoms with Crippen molar-refractivity contribution in [2.75, 3.05) is 30.3 Å². The maximum Gasteiger partial charge on any atom is 0.340 e. The number of carbonyl (C=O) groups excluding carboxylic acids is 1. The molecular weight excluding hydrogens is 240 g/mol. The number of esters is 1. The van der Waals surface area contributed by atoms with Crippen molar-refractivity contribution < 1.29 is 9.53 Å². The van der Waals surface area contributed by atoms with Gasteiger partial charge in [-0.05, 0) is 31.9 Å². The van der Waals surface area contributed by atoms with E-state index >= 15 is 0 Å². The van der Waals surface area contributed by atoms with E-state index in [4.69, 9.17) is 10.5 Å². The number of para-hydroxylation sites is 1. The predicted octanol–water partition coefficient (Wildman–Crippen LogP) is 2.93. The monoisotopic (exact) mass is 264 g/mol. The average Bonchev–Trinajstić information content (AvgIpc) is 2.36. The quantitative estimate of drug-likeness (QED) is 0.634. The summed E-state index contributed by atoms with van der Waals surface area (Å²) < 4.78 is 5.02. The largest absolute Gasteiger partial charge is 0.462 e. The lowest BCUT2D eigenvalue weighted by Gasteiger charge is -2.27. The van der Waals surface area contributed by atoms with Crippen LogP contribution < -0.4 is 10.6 Å². The van der Waals surface area contributed by atoms with Gasteiger partial charge < -0.3 is 15.4 Å². The van der Waals surface area contributed by atoms with E-state index in [1.165, 1.54) is 0 Å². The lowest BCUT2D eigenvalue weighted by Crippen LogP contribution is -2.28. The number of anilines is 2. The fourth-order valence-electron chi connectivity index (χ4n) is 2.05. The SMILES string of the molecule is CCOC(=O)c1cccc(N(CC)CC(C)C)c1N. The maximum absolute atomic E-state index is 11.8. The molecule has 106 valence electrons. The van der Waals surface area contributed by atoms with Crippen molar-refractivity contribution in [2.24, 2.45) is 5.92 Å². The molecule has 0 aromatic heterocycles. The van der Waals surface area contributed by atoms with E-state index in [1.54, 1.807) is 13.0 Å². The van der Waals surface area contributed by atoms with E-state index in [0.717, 1.165) is 18.8 Å². The molecule has 0 saturated carbocycles. The van der Waals surface area contributed by atoms with Gasteiger partial charge in [-0.2, -0.15) is 0 Å². The van der Waals surface area contributed by atoms with Gasteiger partial charge in [-0.15, -0.1) is 0 Å². The Morgan fingerprint density at radius 2 is 2.05 bits per heavy atom. The summed E-state index contributed by atoms with van der Waals surface area (Å²) in [4.78, 5) is 14.0. The fourth-order valence-corrected chi connectivity index (χ4v) is 2.05. The first kappa shape index (κ1) is 15.3. The summed E-state index contributed by atoms with van der Waals surface area (Å²) >= 11 is 0. The molecule has 0 aliphatic heterocycles. The number of rotatable bonds is 6. The second-order valence-corrected chi connectivity index (χ2v) is 4.89. The van der Waals surface area contributed by atoms with Crippen LogP contribution in [0.15, 0.2) is 18.2 Å². The van der Waals surface area contributed by atoms with E-state index in [9.17, 15) is 4.79 Å². The molecule has 2 N–H and O–H groups in total. The van der Waals surface area contributed by atoms with Crippen LogP contribution in [0.5, 0.6) is 0 Å². The molecule has 0 unspecified atom stereocenters. The Bertz CT molecular complexity index is 430. The molecule has 0 saturated heterocycles. The van der Waals surface area contributed by atoms with Gasteiger partial charge in [-0.1, -0.05) is 19.9 Å². The number of nitrogens with zero attached hydrogens (tertiary/aromatic N) is 1. The molecule has 4 nitrogen and oxygen atoms in total. The van der Waals surface area contributed by atoms with Crippen molar-refractivity contribution >= 4 is 17.3 Å². The van der Waals surface area contributed by atoms with Gasteiger partial charge in [-0.25, -0.2) is 4.79 Å². The van der Waals surface area contributed by atoms with E-state index in [-0.39, 0.29) is 5.97 Å². The minimum absolute atomic E-state index is 0.353. The number of nitrogens with two attached hydrogens (primary N) is 1. The van der Waals surface area contributed by atoms with E-state index < -0.39 is 0 Å². The smallest absolute Gasteiger partial charge is 0.340 e. The summed E-state index contributed by atoms with van der Waals surface area (Å²) in [7, 11) is 0. The summed E-state index contributed by atoms with van der Waals surface area (Å²) in [5.74, 6) is 0.174. The maximum atomic E-state index is 11.8. The highest BCUT2D eigenvalue weighted by molar-refractivity contribution is 5.98. The molecule has 4 heteroatoms. The minimum Gasteiger partial charge on any atom is -0.462 e. The van der Waals surface area contributed by atoms with Gasteiger partial charge in [-0.3, -0.25) is 0 Å². The standard InChI is InChI=1S/C15H24N2O2/c1-5-17(10-11(3)4)13-9-7-8-12(14(13)16)15(18)19-6-2/h7-9,11H,5-6,10,16H2,1-4H3. The van der Waals surface area contributed by atoms with Crippen molar-refractivity contribution in [3.05, 3.63) is 23.8 Å². The average molecular weight is 264 g/mol. The Labute approximate surface area is 115 Å². The van der Waals surface area contributed by atoms with Crippen molar-refractivity contribution in [1.82, 2.24) is 0 Å². The van der Waals surface area contributed by atoms with Crippen LogP contribution in [0, 0.1) is 5.92 Å². The van der Waals surface area contributed by atoms with Crippen LogP contribution in [0.3, 0.4) is 0 Å². The van der Waals surface area contributed by atoms with Gasteiger partial charge in [0.1, 0.15) is 0 Å². The van der Waals surface area contributed by atoms with Crippen molar-refractivity contribution in [2.45, 2.75) is 27.7 Å². The molecule has 0 spiro atoms. The zero-order valence-electron chi connectivity index (χ0n) is 12.3. The topological polar surface area (TPSA) is 55.6 Å². The Hall–Kier alpha value is -1.71. The van der Waals surface area contributed by atoms with Crippen molar-refractivity contribution in [1.29, 1.82) is 0 Å². The predicted molar refractivity (Wildman–Crippen MR) is 79.5 cm³/mol. The second-order valence-electron chi connectivity index (χ2n) is 4.89. The zero-order valence-corrected chi connectivity index (χ0v) is 12.3. The Morgan fingerprint density at radius 1 is 1.37 bits per heavy atom. The Kier molecular flexibility index (Phi) is 5.67. The highest BCUT2D eigenvalue weighted by Gasteiger charge is 2.17. The zero-order chi connectivity index (χ0) is 14.4.